The largest absolute Gasteiger partial charge is 0.497 e. The molecule has 1 atom stereocenters. The van der Waals surface area contributed by atoms with Gasteiger partial charge in [-0.15, -0.1) is 0 Å². The van der Waals surface area contributed by atoms with Crippen LogP contribution in [0.4, 0.5) is 5.88 Å². The van der Waals surface area contributed by atoms with Gasteiger partial charge in [-0.25, -0.2) is 9.79 Å². The predicted octanol–water partition coefficient (Wildman–Crippen LogP) is 4.37. The molecule has 0 bridgehead atoms. The number of ether oxygens (including phenoxy) is 2. The van der Waals surface area contributed by atoms with E-state index in [1.54, 1.807) is 36.8 Å². The van der Waals surface area contributed by atoms with Gasteiger partial charge >= 0.3 is 5.97 Å². The number of thiazole rings is 1. The van der Waals surface area contributed by atoms with Gasteiger partial charge in [0.25, 0.3) is 5.56 Å². The summed E-state index contributed by atoms with van der Waals surface area (Å²) in [5.74, 6) is 1.29. The minimum absolute atomic E-state index is 0.186. The summed E-state index contributed by atoms with van der Waals surface area (Å²) >= 11 is 4.75. The first kappa shape index (κ1) is 26.7. The Kier molecular flexibility index (Phi) is 7.58. The Morgan fingerprint density at radius 3 is 2.51 bits per heavy atom. The van der Waals surface area contributed by atoms with E-state index >= 15 is 0 Å². The fraction of sp³-hybridized carbons (Fsp3) is 0.207. The van der Waals surface area contributed by atoms with Crippen LogP contribution in [0, 0.1) is 0 Å². The molecule has 0 saturated heterocycles. The van der Waals surface area contributed by atoms with Gasteiger partial charge < -0.3 is 18.8 Å². The molecule has 0 saturated carbocycles. The van der Waals surface area contributed by atoms with Crippen molar-refractivity contribution in [3.63, 3.8) is 0 Å². The number of halogens is 1. The highest BCUT2D eigenvalue weighted by Crippen LogP contribution is 2.36. The van der Waals surface area contributed by atoms with Crippen LogP contribution >= 0.6 is 27.3 Å². The summed E-state index contributed by atoms with van der Waals surface area (Å²) in [5.41, 5.74) is 1.96. The molecular weight excluding hydrogens is 582 g/mol. The van der Waals surface area contributed by atoms with Crippen molar-refractivity contribution in [1.29, 1.82) is 0 Å². The lowest BCUT2D eigenvalue weighted by atomic mass is 9.93. The van der Waals surface area contributed by atoms with Crippen LogP contribution in [-0.4, -0.2) is 38.3 Å². The predicted molar refractivity (Wildman–Crippen MR) is 155 cm³/mol. The molecule has 0 fully saturated rings. The van der Waals surface area contributed by atoms with Crippen molar-refractivity contribution >= 4 is 50.9 Å². The second-order valence-electron chi connectivity index (χ2n) is 8.90. The molecule has 3 heterocycles. The summed E-state index contributed by atoms with van der Waals surface area (Å²) in [5, 5.41) is 0. The van der Waals surface area contributed by atoms with Gasteiger partial charge in [0.2, 0.25) is 5.88 Å². The highest BCUT2D eigenvalue weighted by atomic mass is 79.9. The van der Waals surface area contributed by atoms with Crippen LogP contribution in [0.3, 0.4) is 0 Å². The van der Waals surface area contributed by atoms with Crippen molar-refractivity contribution in [2.75, 3.05) is 32.7 Å². The normalized spacial score (nSPS) is 15.1. The Labute approximate surface area is 237 Å². The van der Waals surface area contributed by atoms with Crippen molar-refractivity contribution in [2.24, 2.45) is 4.99 Å². The Morgan fingerprint density at radius 2 is 1.90 bits per heavy atom. The molecule has 0 unspecified atom stereocenters. The van der Waals surface area contributed by atoms with Crippen LogP contribution in [0.25, 0.3) is 11.8 Å². The van der Waals surface area contributed by atoms with Crippen molar-refractivity contribution in [3.8, 4) is 5.75 Å². The summed E-state index contributed by atoms with van der Waals surface area (Å²) in [6.45, 7) is 1.94. The van der Waals surface area contributed by atoms with Crippen molar-refractivity contribution < 1.29 is 18.7 Å². The third-order valence-electron chi connectivity index (χ3n) is 6.17. The average Bonchev–Trinajstić information content (AvgIpc) is 3.47. The highest BCUT2D eigenvalue weighted by molar-refractivity contribution is 9.10. The maximum Gasteiger partial charge on any atom is 0.338 e. The number of esters is 1. The van der Waals surface area contributed by atoms with Crippen LogP contribution in [-0.2, 0) is 9.53 Å². The monoisotopic (exact) mass is 607 g/mol. The number of furan rings is 1. The molecule has 5 rings (SSSR count). The molecule has 200 valence electrons. The quantitative estimate of drug-likeness (QED) is 0.290. The summed E-state index contributed by atoms with van der Waals surface area (Å²) in [6.07, 6.45) is 1.70. The van der Waals surface area contributed by atoms with Crippen LogP contribution < -0.4 is 24.5 Å². The summed E-state index contributed by atoms with van der Waals surface area (Å²) < 4.78 is 19.5. The fourth-order valence-corrected chi connectivity index (χ4v) is 6.07. The Hall–Kier alpha value is -3.89. The summed E-state index contributed by atoms with van der Waals surface area (Å²) in [7, 11) is 5.33. The number of benzene rings is 2. The first-order valence-electron chi connectivity index (χ1n) is 12.2. The van der Waals surface area contributed by atoms with E-state index in [-0.39, 0.29) is 12.2 Å². The lowest BCUT2D eigenvalue weighted by molar-refractivity contribution is -0.138. The van der Waals surface area contributed by atoms with Crippen molar-refractivity contribution in [2.45, 2.75) is 13.0 Å². The molecule has 0 spiro atoms. The standard InChI is InChI=1S/C29H26BrN3O5S/c1-5-37-28(35)23-24(17-9-7-6-8-10-17)31-29-33(25(23)18-11-13-19(36-4)14-12-18)26(34)22(39-29)16-20-15-21(30)27(38-20)32(2)3/h6-16,25H,5H2,1-4H3/b22-16+/t25-/m1/s1. The summed E-state index contributed by atoms with van der Waals surface area (Å²) in [6, 6.07) is 17.8. The Morgan fingerprint density at radius 1 is 1.18 bits per heavy atom. The smallest absolute Gasteiger partial charge is 0.338 e. The number of fused-ring (bicyclic) bond motifs is 1. The van der Waals surface area contributed by atoms with E-state index in [0.717, 1.165) is 15.6 Å². The maximum absolute atomic E-state index is 13.9. The molecule has 2 aromatic heterocycles. The first-order chi connectivity index (χ1) is 18.8. The van der Waals surface area contributed by atoms with E-state index in [1.807, 2.05) is 67.5 Å². The molecule has 0 N–H and O–H groups in total. The van der Waals surface area contributed by atoms with Crippen molar-refractivity contribution in [3.05, 3.63) is 107 Å². The van der Waals surface area contributed by atoms with Gasteiger partial charge in [0.15, 0.2) is 4.80 Å². The molecular formula is C29H26BrN3O5S. The highest BCUT2D eigenvalue weighted by Gasteiger charge is 2.35. The number of hydrogen-bond donors (Lipinski definition) is 0. The number of methoxy groups -OCH3 is 1. The Bertz CT molecular complexity index is 1730. The maximum atomic E-state index is 13.9. The molecule has 1 aliphatic rings. The van der Waals surface area contributed by atoms with Gasteiger partial charge in [-0.05, 0) is 40.5 Å². The zero-order chi connectivity index (χ0) is 27.7. The minimum Gasteiger partial charge on any atom is -0.497 e. The van der Waals surface area contributed by atoms with Crippen LogP contribution in [0.1, 0.15) is 29.9 Å². The van der Waals surface area contributed by atoms with E-state index in [2.05, 4.69) is 15.9 Å². The van der Waals surface area contributed by atoms with E-state index < -0.39 is 12.0 Å². The molecule has 0 aliphatic carbocycles. The van der Waals surface area contributed by atoms with E-state index in [9.17, 15) is 9.59 Å². The minimum atomic E-state index is -0.760. The zero-order valence-electron chi connectivity index (χ0n) is 21.8. The third-order valence-corrected chi connectivity index (χ3v) is 7.72. The van der Waals surface area contributed by atoms with E-state index in [1.165, 1.54) is 11.3 Å². The number of carbonyl (C=O) groups is 1. The SMILES string of the molecule is CCOC(=O)C1=C(c2ccccc2)N=c2s/c(=C/c3cc(Br)c(N(C)C)o3)c(=O)n2[C@@H]1c1ccc(OC)cc1. The molecule has 2 aromatic carbocycles. The number of hydrogen-bond acceptors (Lipinski definition) is 8. The van der Waals surface area contributed by atoms with Gasteiger partial charge in [0.1, 0.15) is 11.5 Å². The van der Waals surface area contributed by atoms with Crippen LogP contribution in [0.15, 0.2) is 84.9 Å². The Balaban J connectivity index is 1.80. The van der Waals surface area contributed by atoms with Gasteiger partial charge in [-0.1, -0.05) is 53.8 Å². The van der Waals surface area contributed by atoms with E-state index in [0.29, 0.717) is 38.0 Å². The lowest BCUT2D eigenvalue weighted by Gasteiger charge is -2.26. The second kappa shape index (κ2) is 11.1. The molecule has 10 heteroatoms. The first-order valence-corrected chi connectivity index (χ1v) is 13.8. The third kappa shape index (κ3) is 5.09. The fourth-order valence-electron chi connectivity index (χ4n) is 4.42. The zero-order valence-corrected chi connectivity index (χ0v) is 24.2. The van der Waals surface area contributed by atoms with Crippen LogP contribution in [0.5, 0.6) is 5.75 Å². The van der Waals surface area contributed by atoms with E-state index in [4.69, 9.17) is 18.9 Å². The number of carbonyl (C=O) groups excluding carboxylic acids is 1. The van der Waals surface area contributed by atoms with Gasteiger partial charge in [-0.3, -0.25) is 9.36 Å². The molecule has 39 heavy (non-hydrogen) atoms. The topological polar surface area (TPSA) is 86.3 Å². The number of anilines is 1. The van der Waals surface area contributed by atoms with Crippen LogP contribution in [0.2, 0.25) is 0 Å². The molecule has 0 radical (unpaired) electrons. The number of aromatic nitrogens is 1. The number of rotatable bonds is 7. The molecule has 1 aliphatic heterocycles. The average molecular weight is 609 g/mol. The molecule has 4 aromatic rings. The molecule has 0 amide bonds. The van der Waals surface area contributed by atoms with Crippen molar-refractivity contribution in [1.82, 2.24) is 4.57 Å². The van der Waals surface area contributed by atoms with Gasteiger partial charge in [-0.2, -0.15) is 0 Å². The van der Waals surface area contributed by atoms with Gasteiger partial charge in [0, 0.05) is 31.8 Å². The molecule has 8 nitrogen and oxygen atoms in total. The lowest BCUT2D eigenvalue weighted by Crippen LogP contribution is -2.40. The number of nitrogens with zero attached hydrogens (tertiary/aromatic N) is 3. The van der Waals surface area contributed by atoms with Gasteiger partial charge in [0.05, 0.1) is 40.0 Å². The summed E-state index contributed by atoms with van der Waals surface area (Å²) in [4.78, 5) is 34.6. The second-order valence-corrected chi connectivity index (χ2v) is 10.8.